The smallest absolute Gasteiger partial charge is 0.748 e. The van der Waals surface area contributed by atoms with Gasteiger partial charge >= 0.3 is 29.6 Å². The zero-order valence-corrected chi connectivity index (χ0v) is 25.2. The second-order valence-corrected chi connectivity index (χ2v) is 14.2. The third-order valence-electron chi connectivity index (χ3n) is 11.0. The van der Waals surface area contributed by atoms with Gasteiger partial charge in [-0.05, 0) is 97.7 Å². The fourth-order valence-electron chi connectivity index (χ4n) is 9.10. The molecule has 0 heterocycles. The van der Waals surface area contributed by atoms with Crippen LogP contribution in [0.5, 0.6) is 0 Å². The zero-order chi connectivity index (χ0) is 25.8. The van der Waals surface area contributed by atoms with Gasteiger partial charge < -0.3 is 25.2 Å². The van der Waals surface area contributed by atoms with Crippen molar-refractivity contribution in [2.24, 2.45) is 46.3 Å². The Morgan fingerprint density at radius 3 is 2.44 bits per heavy atom. The van der Waals surface area contributed by atoms with E-state index >= 15 is 0 Å². The summed E-state index contributed by atoms with van der Waals surface area (Å²) in [7, 11) is -4.35. The van der Waals surface area contributed by atoms with E-state index in [0.29, 0.717) is 18.8 Å². The molecule has 11 unspecified atom stereocenters. The molecule has 4 N–H and O–H groups in total. The van der Waals surface area contributed by atoms with Crippen LogP contribution in [0.3, 0.4) is 0 Å². The number of aliphatic hydroxyl groups is 3. The first-order valence-electron chi connectivity index (χ1n) is 13.5. The molecule has 0 aromatic rings. The predicted molar refractivity (Wildman–Crippen MR) is 130 cm³/mol. The molecule has 0 aliphatic heterocycles. The number of amides is 1. The Labute approximate surface area is 238 Å². The van der Waals surface area contributed by atoms with Gasteiger partial charge in [-0.25, -0.2) is 8.42 Å². The number of aliphatic hydroxyl groups excluding tert-OH is 3. The van der Waals surface area contributed by atoms with Crippen LogP contribution in [-0.2, 0) is 14.9 Å². The van der Waals surface area contributed by atoms with Gasteiger partial charge in [0, 0.05) is 13.0 Å². The molecular formula is C26H44NNaO7S. The summed E-state index contributed by atoms with van der Waals surface area (Å²) in [6, 6.07) is 0. The topological polar surface area (TPSA) is 147 Å². The fourth-order valence-corrected chi connectivity index (χ4v) is 9.45. The molecule has 0 spiro atoms. The molecule has 4 aliphatic carbocycles. The fraction of sp³-hybridized carbons (Fsp3) is 0.962. The molecule has 10 heteroatoms. The van der Waals surface area contributed by atoms with Crippen LogP contribution in [0, 0.1) is 46.3 Å². The Balaban J connectivity index is 0.00000361. The average Bonchev–Trinajstić information content (AvgIpc) is 3.12. The predicted octanol–water partition coefficient (Wildman–Crippen LogP) is -0.970. The average molecular weight is 538 g/mol. The van der Waals surface area contributed by atoms with Crippen LogP contribution in [0.2, 0.25) is 0 Å². The van der Waals surface area contributed by atoms with E-state index in [1.54, 1.807) is 0 Å². The normalized spacial score (nSPS) is 45.0. The second-order valence-electron chi connectivity index (χ2n) is 12.7. The first-order chi connectivity index (χ1) is 16.3. The first-order valence-corrected chi connectivity index (χ1v) is 15.1. The van der Waals surface area contributed by atoms with Crippen LogP contribution in [0.15, 0.2) is 0 Å². The molecule has 1 amide bonds. The largest absolute Gasteiger partial charge is 1.00 e. The number of hydrogen-bond donors (Lipinski definition) is 4. The molecular weight excluding hydrogens is 493 g/mol. The maximum absolute atomic E-state index is 12.2. The molecule has 0 radical (unpaired) electrons. The van der Waals surface area contributed by atoms with E-state index in [2.05, 4.69) is 26.1 Å². The molecule has 4 saturated carbocycles. The first kappa shape index (κ1) is 30.8. The van der Waals surface area contributed by atoms with Gasteiger partial charge in [0.15, 0.2) is 0 Å². The molecule has 36 heavy (non-hydrogen) atoms. The summed E-state index contributed by atoms with van der Waals surface area (Å²) in [6.07, 6.45) is 5.58. The molecule has 202 valence electrons. The van der Waals surface area contributed by atoms with Crippen LogP contribution < -0.4 is 34.9 Å². The molecule has 0 saturated heterocycles. The minimum atomic E-state index is -4.35. The van der Waals surface area contributed by atoms with Gasteiger partial charge in [-0.1, -0.05) is 20.8 Å². The Hall–Kier alpha value is 0.260. The Bertz CT molecular complexity index is 903. The third kappa shape index (κ3) is 5.74. The van der Waals surface area contributed by atoms with E-state index in [-0.39, 0.29) is 95.0 Å². The molecule has 4 fully saturated rings. The number of fused-ring (bicyclic) bond motifs is 5. The van der Waals surface area contributed by atoms with Crippen molar-refractivity contribution in [3.63, 3.8) is 0 Å². The number of nitrogens with one attached hydrogen (secondary N) is 1. The number of hydrogen-bond acceptors (Lipinski definition) is 7. The number of carbonyl (C=O) groups excluding carboxylic acids is 1. The molecule has 4 rings (SSSR count). The van der Waals surface area contributed by atoms with Gasteiger partial charge in [-0.15, -0.1) is 0 Å². The van der Waals surface area contributed by atoms with E-state index < -0.39 is 28.1 Å². The molecule has 8 nitrogen and oxygen atoms in total. The summed E-state index contributed by atoms with van der Waals surface area (Å²) in [5.74, 6) is 0.522. The van der Waals surface area contributed by atoms with Crippen molar-refractivity contribution in [3.8, 4) is 0 Å². The van der Waals surface area contributed by atoms with Crippen molar-refractivity contribution in [2.75, 3.05) is 12.3 Å². The molecule has 0 aromatic heterocycles. The number of carbonyl (C=O) groups is 1. The standard InChI is InChI=1S/C26H45NO7S.Na/c1-15(4-7-23(31)27-10-11-35(32,33)34)18-5-6-19-24-20(14-22(30)26(18,19)3)25(2)9-8-17(28)12-16(25)13-21(24)29;/h15-22,24,28-30H,4-14H2,1-3H3,(H,27,31)(H,32,33,34);/q;+1/p-1. The van der Waals surface area contributed by atoms with Crippen molar-refractivity contribution < 1.29 is 62.6 Å². The van der Waals surface area contributed by atoms with Gasteiger partial charge in [0.2, 0.25) is 5.91 Å². The van der Waals surface area contributed by atoms with Crippen LogP contribution in [0.25, 0.3) is 0 Å². The van der Waals surface area contributed by atoms with Gasteiger partial charge in [0.1, 0.15) is 0 Å². The Morgan fingerprint density at radius 1 is 1.08 bits per heavy atom. The van der Waals surface area contributed by atoms with Gasteiger partial charge in [-0.2, -0.15) is 0 Å². The van der Waals surface area contributed by atoms with Crippen molar-refractivity contribution in [1.82, 2.24) is 5.32 Å². The monoisotopic (exact) mass is 537 g/mol. The van der Waals surface area contributed by atoms with Gasteiger partial charge in [0.05, 0.1) is 34.2 Å². The SMILES string of the molecule is CC(CCC(=O)NCCS(=O)(=O)[O-])C1CCC2C3C(O)CC4CC(O)CCC4(C)C3CC(O)C12C.[Na+]. The van der Waals surface area contributed by atoms with Crippen molar-refractivity contribution in [3.05, 3.63) is 0 Å². The summed E-state index contributed by atoms with van der Waals surface area (Å²) >= 11 is 0. The summed E-state index contributed by atoms with van der Waals surface area (Å²) in [6.45, 7) is 6.48. The van der Waals surface area contributed by atoms with Crippen LogP contribution in [-0.4, -0.2) is 64.8 Å². The van der Waals surface area contributed by atoms with Gasteiger partial charge in [0.25, 0.3) is 0 Å². The van der Waals surface area contributed by atoms with E-state index in [1.165, 1.54) is 0 Å². The van der Waals surface area contributed by atoms with Gasteiger partial charge in [-0.3, -0.25) is 4.79 Å². The molecule has 4 aliphatic rings. The van der Waals surface area contributed by atoms with E-state index in [4.69, 9.17) is 0 Å². The minimum absolute atomic E-state index is 0. The van der Waals surface area contributed by atoms with E-state index in [1.807, 2.05) is 0 Å². The summed E-state index contributed by atoms with van der Waals surface area (Å²) < 4.78 is 32.2. The van der Waals surface area contributed by atoms with E-state index in [9.17, 15) is 33.1 Å². The van der Waals surface area contributed by atoms with Crippen molar-refractivity contribution in [1.29, 1.82) is 0 Å². The molecule has 0 bridgehead atoms. The van der Waals surface area contributed by atoms with Crippen molar-refractivity contribution in [2.45, 2.75) is 96.9 Å². The van der Waals surface area contributed by atoms with E-state index in [0.717, 1.165) is 38.5 Å². The maximum atomic E-state index is 12.2. The minimum Gasteiger partial charge on any atom is -0.748 e. The summed E-state index contributed by atoms with van der Waals surface area (Å²) in [5, 5.41) is 35.7. The quantitative estimate of drug-likeness (QED) is 0.241. The Morgan fingerprint density at radius 2 is 1.78 bits per heavy atom. The Kier molecular flexibility index (Phi) is 9.75. The van der Waals surface area contributed by atoms with Crippen molar-refractivity contribution >= 4 is 16.0 Å². The second kappa shape index (κ2) is 11.4. The summed E-state index contributed by atoms with van der Waals surface area (Å²) in [4.78, 5) is 12.2. The van der Waals surface area contributed by atoms with Crippen LogP contribution >= 0.6 is 0 Å². The molecule has 11 atom stereocenters. The number of rotatable bonds is 7. The van der Waals surface area contributed by atoms with Crippen LogP contribution in [0.1, 0.15) is 78.6 Å². The van der Waals surface area contributed by atoms with Crippen LogP contribution in [0.4, 0.5) is 0 Å². The molecule has 0 aromatic carbocycles. The third-order valence-corrected chi connectivity index (χ3v) is 11.7. The summed E-state index contributed by atoms with van der Waals surface area (Å²) in [5.41, 5.74) is -0.267. The maximum Gasteiger partial charge on any atom is 1.00 e. The zero-order valence-electron chi connectivity index (χ0n) is 22.4.